The SMILES string of the molecule is CCOc1ccc(C(=O)c2cc(Br)ccc2Cl)cc1.[2H]C([2H])(c1ccc(OCC)cc1)c1cc(Br)ccc1Cl. The minimum atomic E-state index is -1.66. The first-order chi connectivity index (χ1) is 18.6. The van der Waals surface area contributed by atoms with Crippen molar-refractivity contribution in [3.63, 3.8) is 0 Å². The Morgan fingerprint density at radius 3 is 1.84 bits per heavy atom. The van der Waals surface area contributed by atoms with Crippen LogP contribution in [-0.2, 0) is 6.37 Å². The number of carbonyl (C=O) groups is 1. The Hall–Kier alpha value is -2.31. The fourth-order valence-electron chi connectivity index (χ4n) is 3.25. The van der Waals surface area contributed by atoms with Crippen LogP contribution >= 0.6 is 55.1 Å². The lowest BCUT2D eigenvalue weighted by Crippen LogP contribution is -2.02. The van der Waals surface area contributed by atoms with E-state index in [0.29, 0.717) is 45.5 Å². The van der Waals surface area contributed by atoms with Gasteiger partial charge in [-0.15, -0.1) is 0 Å². The number of ether oxygens (including phenoxy) is 2. The minimum Gasteiger partial charge on any atom is -0.494 e. The molecular formula is C30H26Br2Cl2O3. The molecule has 0 unspecified atom stereocenters. The van der Waals surface area contributed by atoms with E-state index >= 15 is 0 Å². The summed E-state index contributed by atoms with van der Waals surface area (Å²) in [6.07, 6.45) is -1.66. The first-order valence-electron chi connectivity index (χ1n) is 12.5. The van der Waals surface area contributed by atoms with Gasteiger partial charge in [0.25, 0.3) is 0 Å². The van der Waals surface area contributed by atoms with Gasteiger partial charge in [0.15, 0.2) is 5.78 Å². The summed E-state index contributed by atoms with van der Waals surface area (Å²) in [5.74, 6) is 1.38. The van der Waals surface area contributed by atoms with Crippen molar-refractivity contribution in [2.75, 3.05) is 13.2 Å². The second kappa shape index (κ2) is 14.6. The second-order valence-corrected chi connectivity index (χ2v) is 10.3. The lowest BCUT2D eigenvalue weighted by Gasteiger charge is -2.07. The topological polar surface area (TPSA) is 35.5 Å². The molecule has 0 N–H and O–H groups in total. The molecule has 4 rings (SSSR count). The molecule has 3 nitrogen and oxygen atoms in total. The van der Waals surface area contributed by atoms with Crippen LogP contribution in [0.4, 0.5) is 0 Å². The number of benzene rings is 4. The van der Waals surface area contributed by atoms with Crippen LogP contribution < -0.4 is 9.47 Å². The largest absolute Gasteiger partial charge is 0.494 e. The maximum Gasteiger partial charge on any atom is 0.194 e. The van der Waals surface area contributed by atoms with Crippen LogP contribution in [-0.4, -0.2) is 19.0 Å². The zero-order chi connectivity index (χ0) is 28.6. The molecule has 4 aromatic rings. The van der Waals surface area contributed by atoms with Crippen molar-refractivity contribution >= 4 is 60.8 Å². The van der Waals surface area contributed by atoms with E-state index in [-0.39, 0.29) is 5.78 Å². The molecule has 0 atom stereocenters. The lowest BCUT2D eigenvalue weighted by atomic mass is 10.0. The second-order valence-electron chi connectivity index (χ2n) is 7.62. The predicted molar refractivity (Wildman–Crippen MR) is 160 cm³/mol. The molecule has 37 heavy (non-hydrogen) atoms. The monoisotopic (exact) mass is 664 g/mol. The van der Waals surface area contributed by atoms with Gasteiger partial charge in [-0.2, -0.15) is 0 Å². The van der Waals surface area contributed by atoms with E-state index in [0.717, 1.165) is 20.4 Å². The Morgan fingerprint density at radius 2 is 1.27 bits per heavy atom. The summed E-state index contributed by atoms with van der Waals surface area (Å²) in [6, 6.07) is 24.4. The van der Waals surface area contributed by atoms with Crippen LogP contribution in [0.1, 0.15) is 43.6 Å². The van der Waals surface area contributed by atoms with E-state index in [2.05, 4.69) is 31.9 Å². The van der Waals surface area contributed by atoms with Crippen LogP contribution in [0.15, 0.2) is 93.9 Å². The van der Waals surface area contributed by atoms with Crippen LogP contribution in [0.3, 0.4) is 0 Å². The van der Waals surface area contributed by atoms with Gasteiger partial charge in [0.1, 0.15) is 11.5 Å². The molecule has 4 aromatic carbocycles. The number of rotatable bonds is 8. The first-order valence-corrected chi connectivity index (χ1v) is 13.8. The van der Waals surface area contributed by atoms with Crippen LogP contribution in [0.5, 0.6) is 11.5 Å². The molecule has 0 fully saturated rings. The van der Waals surface area contributed by atoms with E-state index in [1.54, 1.807) is 84.9 Å². The average molecular weight is 667 g/mol. The van der Waals surface area contributed by atoms with Gasteiger partial charge in [0, 0.05) is 27.8 Å². The molecular weight excluding hydrogens is 639 g/mol. The van der Waals surface area contributed by atoms with Gasteiger partial charge in [0.05, 0.1) is 18.2 Å². The van der Waals surface area contributed by atoms with Gasteiger partial charge in [-0.25, -0.2) is 0 Å². The number of halogens is 4. The summed E-state index contributed by atoms with van der Waals surface area (Å²) in [5.41, 5.74) is 2.06. The number of ketones is 1. The average Bonchev–Trinajstić information content (AvgIpc) is 2.92. The molecule has 192 valence electrons. The Morgan fingerprint density at radius 1 is 0.757 bits per heavy atom. The maximum absolute atomic E-state index is 12.3. The predicted octanol–water partition coefficient (Wildman–Crippen LogP) is 9.82. The maximum atomic E-state index is 12.3. The summed E-state index contributed by atoms with van der Waals surface area (Å²) in [5, 5.41) is 0.856. The smallest absolute Gasteiger partial charge is 0.194 e. The third kappa shape index (κ3) is 8.89. The molecule has 0 aliphatic carbocycles. The van der Waals surface area contributed by atoms with Crippen molar-refractivity contribution in [2.24, 2.45) is 0 Å². The summed E-state index contributed by atoms with van der Waals surface area (Å²) in [6.45, 7) is 5.02. The Balaban J connectivity index is 0.000000216. The van der Waals surface area contributed by atoms with Gasteiger partial charge in [-0.1, -0.05) is 67.2 Å². The molecule has 0 aliphatic heterocycles. The van der Waals surface area contributed by atoms with E-state index in [4.69, 9.17) is 35.4 Å². The Kier molecular flexibility index (Phi) is 10.4. The van der Waals surface area contributed by atoms with Crippen molar-refractivity contribution in [3.05, 3.63) is 126 Å². The van der Waals surface area contributed by atoms with E-state index in [1.165, 1.54) is 0 Å². The third-order valence-electron chi connectivity index (χ3n) is 4.97. The van der Waals surface area contributed by atoms with Crippen LogP contribution in [0.2, 0.25) is 10.0 Å². The van der Waals surface area contributed by atoms with E-state index in [9.17, 15) is 4.79 Å². The van der Waals surface area contributed by atoms with Gasteiger partial charge >= 0.3 is 0 Å². The molecule has 0 aliphatic rings. The van der Waals surface area contributed by atoms with Crippen LogP contribution in [0.25, 0.3) is 0 Å². The minimum absolute atomic E-state index is 0.102. The fraction of sp³-hybridized carbons (Fsp3) is 0.167. The number of hydrogen-bond donors (Lipinski definition) is 0. The highest BCUT2D eigenvalue weighted by Crippen LogP contribution is 2.25. The Bertz CT molecular complexity index is 1410. The summed E-state index contributed by atoms with van der Waals surface area (Å²) < 4.78 is 29.0. The van der Waals surface area contributed by atoms with E-state index in [1.807, 2.05) is 13.8 Å². The molecule has 7 heteroatoms. The van der Waals surface area contributed by atoms with Crippen molar-refractivity contribution in [3.8, 4) is 11.5 Å². The molecule has 0 amide bonds. The Labute approximate surface area is 247 Å². The van der Waals surface area contributed by atoms with Crippen molar-refractivity contribution in [1.82, 2.24) is 0 Å². The van der Waals surface area contributed by atoms with Crippen molar-refractivity contribution in [1.29, 1.82) is 0 Å². The summed E-state index contributed by atoms with van der Waals surface area (Å²) in [4.78, 5) is 12.3. The standard InChI is InChI=1S/C15H12BrClO2.C15H14BrClO/c1-2-19-12-6-3-10(4-7-12)15(18)13-9-11(16)5-8-14(13)17;1-2-18-14-6-3-11(4-7-14)9-12-10-13(16)5-8-15(12)17/h3-9H,2H2,1H3;3-8,10H,2,9H2,1H3/i;9D2. The third-order valence-corrected chi connectivity index (χ3v) is 6.62. The zero-order valence-corrected chi connectivity index (χ0v) is 24.9. The molecule has 0 heterocycles. The highest BCUT2D eigenvalue weighted by atomic mass is 79.9. The molecule has 0 saturated carbocycles. The summed E-state index contributed by atoms with van der Waals surface area (Å²) >= 11 is 18.9. The van der Waals surface area contributed by atoms with Gasteiger partial charge < -0.3 is 9.47 Å². The van der Waals surface area contributed by atoms with Gasteiger partial charge in [-0.05, 0) is 104 Å². The molecule has 0 saturated heterocycles. The quantitative estimate of drug-likeness (QED) is 0.176. The van der Waals surface area contributed by atoms with E-state index < -0.39 is 6.37 Å². The van der Waals surface area contributed by atoms with Crippen molar-refractivity contribution in [2.45, 2.75) is 20.2 Å². The number of carbonyl (C=O) groups excluding carboxylic acids is 1. The van der Waals surface area contributed by atoms with Gasteiger partial charge in [-0.3, -0.25) is 4.79 Å². The first kappa shape index (κ1) is 26.3. The summed E-state index contributed by atoms with van der Waals surface area (Å²) in [7, 11) is 0. The molecule has 0 spiro atoms. The molecule has 0 radical (unpaired) electrons. The number of hydrogen-bond acceptors (Lipinski definition) is 3. The van der Waals surface area contributed by atoms with Crippen molar-refractivity contribution < 1.29 is 17.0 Å². The zero-order valence-electron chi connectivity index (χ0n) is 22.2. The molecule has 0 bridgehead atoms. The highest BCUT2D eigenvalue weighted by molar-refractivity contribution is 9.10. The lowest BCUT2D eigenvalue weighted by molar-refractivity contribution is 0.103. The van der Waals surface area contributed by atoms with Gasteiger partial charge in [0.2, 0.25) is 0 Å². The fourth-order valence-corrected chi connectivity index (χ4v) is 4.34. The van der Waals surface area contributed by atoms with Crippen LogP contribution in [0, 0.1) is 0 Å². The molecule has 0 aromatic heterocycles. The normalized spacial score (nSPS) is 11.5. The highest BCUT2D eigenvalue weighted by Gasteiger charge is 2.13.